The molecule has 14 nitrogen and oxygen atoms in total. The summed E-state index contributed by atoms with van der Waals surface area (Å²) in [6, 6.07) is 5.24. The Hall–Kier alpha value is -4.05. The highest BCUT2D eigenvalue weighted by molar-refractivity contribution is 6.39. The second-order valence-electron chi connectivity index (χ2n) is 19.0. The highest BCUT2D eigenvalue weighted by Crippen LogP contribution is 2.39. The van der Waals surface area contributed by atoms with E-state index in [1.807, 2.05) is 45.1 Å². The van der Waals surface area contributed by atoms with Crippen LogP contribution in [0.15, 0.2) is 53.6 Å². The Morgan fingerprint density at radius 2 is 1.58 bits per heavy atom. The number of allylic oxidation sites excluding steroid dienone is 4. The number of ketones is 2. The Kier molecular flexibility index (Phi) is 18.2. The Morgan fingerprint density at radius 3 is 2.22 bits per heavy atom. The summed E-state index contributed by atoms with van der Waals surface area (Å²) in [5.74, 6) is -9.02. The van der Waals surface area contributed by atoms with Gasteiger partial charge in [-0.25, -0.2) is 9.59 Å². The van der Waals surface area contributed by atoms with Gasteiger partial charge in [0.1, 0.15) is 24.0 Å². The van der Waals surface area contributed by atoms with Crippen molar-refractivity contribution < 1.29 is 63.3 Å². The maximum Gasteiger partial charge on any atom is 0.335 e. The fraction of sp³-hybridized carbons (Fsp3) is 0.660. The van der Waals surface area contributed by atoms with Gasteiger partial charge < -0.3 is 44.3 Å². The second-order valence-corrected chi connectivity index (χ2v) is 19.0. The number of ether oxygens (including phenoxy) is 4. The standard InChI is InChI=1S/C50H71NO13/c1-29-23-30(2)25-42(61-6)45-43(62-7)27-32(4)50(60,64-45)46(55)47(56)51-22-9-8-13-39(51)49(59)63-44(31(3)26-35-16-20-38(52)21-17-35)33(5)40(53)28-41(54)37(24-29)12-10-11-34-14-18-36(19-15-34)48(57)58/h10-11,14-15,18-19,24,26,30,32-33,35,37-40,42-45,52-53,60H,8-9,12-13,16-17,20-23,25,27-28H2,1-7H3,(H,57,58)/b11-10+,29-24+,31-26+/t30-,32+,33+,35?,37+,38?,39-,40-,42-,43-,44+,45+,50+/m0/s1. The van der Waals surface area contributed by atoms with Crippen LogP contribution < -0.4 is 0 Å². The van der Waals surface area contributed by atoms with Gasteiger partial charge in [-0.1, -0.05) is 62.8 Å². The number of nitrogens with zero attached hydrogens (tertiary/aromatic N) is 1. The van der Waals surface area contributed by atoms with Gasteiger partial charge in [0, 0.05) is 44.9 Å². The zero-order valence-corrected chi connectivity index (χ0v) is 38.6. The first-order valence-corrected chi connectivity index (χ1v) is 23.1. The number of amides is 1. The lowest BCUT2D eigenvalue weighted by molar-refractivity contribution is -0.302. The summed E-state index contributed by atoms with van der Waals surface area (Å²) in [6.45, 7) is 9.20. The normalized spacial score (nSPS) is 36.7. The molecule has 0 aromatic heterocycles. The van der Waals surface area contributed by atoms with Crippen molar-refractivity contribution >= 4 is 35.5 Å². The summed E-state index contributed by atoms with van der Waals surface area (Å²) >= 11 is 0. The Bertz CT molecular complexity index is 1880. The lowest BCUT2D eigenvalue weighted by atomic mass is 9.82. The fourth-order valence-electron chi connectivity index (χ4n) is 10.1. The van der Waals surface area contributed by atoms with Crippen molar-refractivity contribution in [2.45, 2.75) is 160 Å². The number of piperidine rings is 1. The number of aromatic carboxylic acids is 1. The molecule has 11 atom stereocenters. The fourth-order valence-corrected chi connectivity index (χ4v) is 10.1. The molecule has 3 aliphatic heterocycles. The molecule has 1 aliphatic carbocycles. The molecule has 1 saturated carbocycles. The summed E-state index contributed by atoms with van der Waals surface area (Å²) in [5.41, 5.74) is 2.49. The van der Waals surface area contributed by atoms with Gasteiger partial charge >= 0.3 is 11.9 Å². The summed E-state index contributed by atoms with van der Waals surface area (Å²) in [4.78, 5) is 69.9. The van der Waals surface area contributed by atoms with E-state index in [0.29, 0.717) is 50.5 Å². The van der Waals surface area contributed by atoms with E-state index in [9.17, 15) is 44.4 Å². The number of benzene rings is 1. The van der Waals surface area contributed by atoms with E-state index in [-0.39, 0.29) is 55.1 Å². The number of aliphatic hydroxyl groups is 3. The Morgan fingerprint density at radius 1 is 0.922 bits per heavy atom. The number of methoxy groups -OCH3 is 2. The molecule has 64 heavy (non-hydrogen) atoms. The van der Waals surface area contributed by atoms with E-state index in [4.69, 9.17) is 18.9 Å². The van der Waals surface area contributed by atoms with Crippen molar-refractivity contribution in [1.29, 1.82) is 0 Å². The minimum atomic E-state index is -2.54. The Labute approximate surface area is 378 Å². The van der Waals surface area contributed by atoms with Gasteiger partial charge in [0.15, 0.2) is 0 Å². The molecular formula is C50H71NO13. The number of cyclic esters (lactones) is 1. The second kappa shape index (κ2) is 22.9. The SMILES string of the molecule is CO[C@H]1C[C@@H](C)C/C(C)=C/[C@@H](C/C=C/c2ccc(C(=O)O)cc2)C(=O)C[C@H](O)[C@@H](C)[C@@H](/C(C)=C/C2CCC(O)CC2)OC(=O)[C@@H]2CCCCN2C(=O)C(=O)[C@]2(O)O[C@H]1[C@@H](OC)C[C@H]2C. The summed E-state index contributed by atoms with van der Waals surface area (Å²) in [7, 11) is 3.03. The molecule has 3 fully saturated rings. The van der Waals surface area contributed by atoms with Gasteiger partial charge in [-0.15, -0.1) is 0 Å². The number of hydrogen-bond donors (Lipinski definition) is 4. The van der Waals surface area contributed by atoms with Crippen LogP contribution in [0.2, 0.25) is 0 Å². The number of rotatable bonds is 8. The number of carboxylic acid groups (broad SMARTS) is 1. The van der Waals surface area contributed by atoms with Crippen LogP contribution in [0.5, 0.6) is 0 Å². The molecule has 14 heteroatoms. The lowest BCUT2D eigenvalue weighted by Gasteiger charge is -2.47. The number of fused-ring (bicyclic) bond motifs is 3. The van der Waals surface area contributed by atoms with Gasteiger partial charge in [-0.05, 0) is 120 Å². The van der Waals surface area contributed by atoms with Crippen LogP contribution in [-0.4, -0.2) is 124 Å². The van der Waals surface area contributed by atoms with E-state index in [1.165, 1.54) is 31.3 Å². The van der Waals surface area contributed by atoms with Crippen molar-refractivity contribution in [2.24, 2.45) is 29.6 Å². The number of Topliss-reactive ketones (excluding diaryl/α,β-unsaturated/α-hetero) is 2. The monoisotopic (exact) mass is 893 g/mol. The van der Waals surface area contributed by atoms with E-state index >= 15 is 0 Å². The summed E-state index contributed by atoms with van der Waals surface area (Å²) in [5, 5.41) is 43.5. The van der Waals surface area contributed by atoms with Crippen LogP contribution in [0.4, 0.5) is 0 Å². The van der Waals surface area contributed by atoms with E-state index in [1.54, 1.807) is 26.0 Å². The summed E-state index contributed by atoms with van der Waals surface area (Å²) < 4.78 is 24.4. The molecule has 3 heterocycles. The van der Waals surface area contributed by atoms with Crippen molar-refractivity contribution in [3.05, 3.63) is 64.8 Å². The number of carbonyl (C=O) groups is 5. The number of aliphatic hydroxyl groups excluding tert-OH is 2. The molecular weight excluding hydrogens is 823 g/mol. The molecule has 0 unspecified atom stereocenters. The topological polar surface area (TPSA) is 206 Å². The number of carbonyl (C=O) groups excluding carboxylic acids is 4. The highest BCUT2D eigenvalue weighted by atomic mass is 16.7. The van der Waals surface area contributed by atoms with E-state index in [0.717, 1.165) is 24.0 Å². The largest absolute Gasteiger partial charge is 0.478 e. The number of hydrogen-bond acceptors (Lipinski definition) is 12. The van der Waals surface area contributed by atoms with Gasteiger partial charge in [-0.2, -0.15) is 0 Å². The summed E-state index contributed by atoms with van der Waals surface area (Å²) in [6.07, 6.45) is 7.99. The highest BCUT2D eigenvalue weighted by Gasteiger charge is 2.56. The van der Waals surface area contributed by atoms with Gasteiger partial charge in [0.2, 0.25) is 5.79 Å². The van der Waals surface area contributed by atoms with Crippen LogP contribution >= 0.6 is 0 Å². The first kappa shape index (κ1) is 50.9. The molecule has 5 rings (SSSR count). The third-order valence-corrected chi connectivity index (χ3v) is 14.0. The van der Waals surface area contributed by atoms with Gasteiger partial charge in [-0.3, -0.25) is 14.4 Å². The number of carboxylic acids is 1. The first-order chi connectivity index (χ1) is 30.4. The molecule has 1 aromatic carbocycles. The molecule has 2 saturated heterocycles. The number of esters is 1. The molecule has 4 N–H and O–H groups in total. The van der Waals surface area contributed by atoms with E-state index in [2.05, 4.69) is 0 Å². The van der Waals surface area contributed by atoms with Crippen LogP contribution in [0.1, 0.15) is 128 Å². The maximum atomic E-state index is 14.4. The molecule has 0 spiro atoms. The van der Waals surface area contributed by atoms with Crippen LogP contribution in [0.25, 0.3) is 6.08 Å². The van der Waals surface area contributed by atoms with Crippen LogP contribution in [0, 0.1) is 29.6 Å². The predicted octanol–water partition coefficient (Wildman–Crippen LogP) is 6.24. The average molecular weight is 894 g/mol. The zero-order chi connectivity index (χ0) is 46.9. The average Bonchev–Trinajstić information content (AvgIpc) is 3.27. The third kappa shape index (κ3) is 12.6. The maximum absolute atomic E-state index is 14.4. The van der Waals surface area contributed by atoms with Crippen LogP contribution in [0.3, 0.4) is 0 Å². The predicted molar refractivity (Wildman–Crippen MR) is 239 cm³/mol. The zero-order valence-electron chi connectivity index (χ0n) is 38.6. The molecule has 1 amide bonds. The quantitative estimate of drug-likeness (QED) is 0.130. The smallest absolute Gasteiger partial charge is 0.335 e. The van der Waals surface area contributed by atoms with Crippen molar-refractivity contribution in [3.8, 4) is 0 Å². The van der Waals surface area contributed by atoms with Crippen molar-refractivity contribution in [3.63, 3.8) is 0 Å². The Balaban J connectivity index is 1.54. The molecule has 1 aromatic rings. The van der Waals surface area contributed by atoms with Crippen molar-refractivity contribution in [1.82, 2.24) is 4.90 Å². The van der Waals surface area contributed by atoms with Gasteiger partial charge in [0.25, 0.3) is 11.7 Å². The molecule has 2 bridgehead atoms. The van der Waals surface area contributed by atoms with E-state index < -0.39 is 83.7 Å². The van der Waals surface area contributed by atoms with Crippen molar-refractivity contribution in [2.75, 3.05) is 20.8 Å². The molecule has 0 radical (unpaired) electrons. The molecule has 354 valence electrons. The third-order valence-electron chi connectivity index (χ3n) is 14.0. The van der Waals surface area contributed by atoms with Crippen LogP contribution in [-0.2, 0) is 38.1 Å². The minimum absolute atomic E-state index is 0.0499. The minimum Gasteiger partial charge on any atom is -0.478 e. The van der Waals surface area contributed by atoms with Gasteiger partial charge in [0.05, 0.1) is 30.0 Å². The lowest BCUT2D eigenvalue weighted by Crippen LogP contribution is -2.64. The first-order valence-electron chi connectivity index (χ1n) is 23.1. The molecule has 4 aliphatic rings.